The van der Waals surface area contributed by atoms with Crippen molar-refractivity contribution in [3.05, 3.63) is 35.6 Å². The van der Waals surface area contributed by atoms with Gasteiger partial charge in [0.05, 0.1) is 18.8 Å². The summed E-state index contributed by atoms with van der Waals surface area (Å²) in [5, 5.41) is 0. The molecule has 1 saturated heterocycles. The highest BCUT2D eigenvalue weighted by molar-refractivity contribution is 5.81. The Hall–Kier alpha value is -1.46. The number of rotatable bonds is 5. The van der Waals surface area contributed by atoms with Crippen molar-refractivity contribution in [3.63, 3.8) is 0 Å². The molecule has 2 N–H and O–H groups in total. The maximum absolute atomic E-state index is 14.0. The van der Waals surface area contributed by atoms with Crippen LogP contribution in [-0.4, -0.2) is 42.1 Å². The topological polar surface area (TPSA) is 55.6 Å². The normalized spacial score (nSPS) is 31.7. The van der Waals surface area contributed by atoms with Crippen LogP contribution in [-0.2, 0) is 9.53 Å². The molecule has 4 nitrogen and oxygen atoms in total. The Bertz CT molecular complexity index is 655. The first-order valence-corrected chi connectivity index (χ1v) is 10.6. The summed E-state index contributed by atoms with van der Waals surface area (Å²) in [6.07, 6.45) is 7.98. The summed E-state index contributed by atoms with van der Waals surface area (Å²) >= 11 is 0. The van der Waals surface area contributed by atoms with E-state index in [0.717, 1.165) is 63.5 Å². The first kappa shape index (κ1) is 18.9. The lowest BCUT2D eigenvalue weighted by molar-refractivity contribution is -0.139. The van der Waals surface area contributed by atoms with Crippen LogP contribution in [0.1, 0.15) is 62.8 Å². The van der Waals surface area contributed by atoms with Crippen molar-refractivity contribution in [2.75, 3.05) is 13.2 Å². The van der Waals surface area contributed by atoms with Crippen LogP contribution in [0.15, 0.2) is 24.3 Å². The van der Waals surface area contributed by atoms with Gasteiger partial charge < -0.3 is 15.4 Å². The fourth-order valence-corrected chi connectivity index (χ4v) is 4.72. The molecule has 2 aliphatic carbocycles. The van der Waals surface area contributed by atoms with E-state index in [2.05, 4.69) is 0 Å². The van der Waals surface area contributed by atoms with Gasteiger partial charge in [-0.3, -0.25) is 4.79 Å². The van der Waals surface area contributed by atoms with Gasteiger partial charge >= 0.3 is 0 Å². The van der Waals surface area contributed by atoms with Gasteiger partial charge in [-0.05, 0) is 68.9 Å². The maximum Gasteiger partial charge on any atom is 0.226 e. The highest BCUT2D eigenvalue weighted by Gasteiger charge is 2.40. The molecule has 3 fully saturated rings. The largest absolute Gasteiger partial charge is 0.376 e. The smallest absolute Gasteiger partial charge is 0.226 e. The lowest BCUT2D eigenvalue weighted by Gasteiger charge is -2.41. The molecule has 0 spiro atoms. The van der Waals surface area contributed by atoms with E-state index in [1.54, 1.807) is 12.1 Å². The van der Waals surface area contributed by atoms with Crippen molar-refractivity contribution in [3.8, 4) is 0 Å². The standard InChI is InChI=1S/C22H31FN2O2/c23-19-5-2-1-4-18(19)15-9-11-17(12-10-15)27-14-21-20(24)6-3-13-25(21)22(26)16-7-8-16/h1-2,4-5,15-17,20-21H,3,6-14,24H2/t15?,17?,20-,21-/m0/s1. The monoisotopic (exact) mass is 374 g/mol. The second kappa shape index (κ2) is 8.27. The lowest BCUT2D eigenvalue weighted by atomic mass is 9.82. The van der Waals surface area contributed by atoms with Gasteiger partial charge in [-0.1, -0.05) is 18.2 Å². The zero-order valence-electron chi connectivity index (χ0n) is 16.0. The molecule has 1 aromatic carbocycles. The number of carbonyl (C=O) groups is 1. The van der Waals surface area contributed by atoms with Gasteiger partial charge in [0.25, 0.3) is 0 Å². The molecule has 1 aliphatic heterocycles. The number of hydrogen-bond acceptors (Lipinski definition) is 3. The predicted molar refractivity (Wildman–Crippen MR) is 103 cm³/mol. The number of nitrogens with zero attached hydrogens (tertiary/aromatic N) is 1. The molecule has 2 atom stereocenters. The number of hydrogen-bond donors (Lipinski definition) is 1. The molecule has 27 heavy (non-hydrogen) atoms. The van der Waals surface area contributed by atoms with Crippen LogP contribution in [0.5, 0.6) is 0 Å². The summed E-state index contributed by atoms with van der Waals surface area (Å²) in [6.45, 7) is 1.35. The van der Waals surface area contributed by atoms with Gasteiger partial charge in [-0.15, -0.1) is 0 Å². The SMILES string of the molecule is N[C@H]1CCCN(C(=O)C2CC2)[C@H]1COC1CCC(c2ccccc2F)CC1. The minimum Gasteiger partial charge on any atom is -0.376 e. The minimum absolute atomic E-state index is 0.0103. The predicted octanol–water partition coefficient (Wildman–Crippen LogP) is 3.60. The molecule has 0 radical (unpaired) electrons. The molecule has 4 rings (SSSR count). The van der Waals surface area contributed by atoms with Crippen LogP contribution in [0.3, 0.4) is 0 Å². The van der Waals surface area contributed by atoms with Gasteiger partial charge in [-0.2, -0.15) is 0 Å². The number of ether oxygens (including phenoxy) is 1. The maximum atomic E-state index is 14.0. The summed E-state index contributed by atoms with van der Waals surface area (Å²) < 4.78 is 20.2. The van der Waals surface area contributed by atoms with E-state index in [1.807, 2.05) is 17.0 Å². The van der Waals surface area contributed by atoms with E-state index in [0.29, 0.717) is 6.61 Å². The van der Waals surface area contributed by atoms with Gasteiger partial charge in [0, 0.05) is 18.5 Å². The first-order valence-electron chi connectivity index (χ1n) is 10.6. The van der Waals surface area contributed by atoms with E-state index in [-0.39, 0.29) is 41.7 Å². The number of carbonyl (C=O) groups excluding carboxylic acids is 1. The molecular formula is C22H31FN2O2. The van der Waals surface area contributed by atoms with E-state index in [4.69, 9.17) is 10.5 Å². The second-order valence-corrected chi connectivity index (χ2v) is 8.51. The summed E-state index contributed by atoms with van der Waals surface area (Å²) in [5.74, 6) is 0.705. The lowest BCUT2D eigenvalue weighted by Crippen LogP contribution is -2.57. The van der Waals surface area contributed by atoms with Crippen molar-refractivity contribution in [2.24, 2.45) is 11.7 Å². The Morgan fingerprint density at radius 3 is 2.56 bits per heavy atom. The van der Waals surface area contributed by atoms with Crippen LogP contribution in [0.2, 0.25) is 0 Å². The van der Waals surface area contributed by atoms with Crippen molar-refractivity contribution in [2.45, 2.75) is 75.5 Å². The quantitative estimate of drug-likeness (QED) is 0.857. The van der Waals surface area contributed by atoms with E-state index in [1.165, 1.54) is 0 Å². The van der Waals surface area contributed by atoms with Crippen molar-refractivity contribution >= 4 is 5.91 Å². The van der Waals surface area contributed by atoms with Crippen LogP contribution < -0.4 is 5.73 Å². The van der Waals surface area contributed by atoms with E-state index < -0.39 is 0 Å². The van der Waals surface area contributed by atoms with Crippen LogP contribution in [0.4, 0.5) is 4.39 Å². The zero-order valence-corrected chi connectivity index (χ0v) is 16.0. The Balaban J connectivity index is 1.29. The van der Waals surface area contributed by atoms with Gasteiger partial charge in [0.2, 0.25) is 5.91 Å². The number of nitrogens with two attached hydrogens (primary N) is 1. The van der Waals surface area contributed by atoms with Crippen molar-refractivity contribution < 1.29 is 13.9 Å². The molecule has 0 bridgehead atoms. The van der Waals surface area contributed by atoms with Crippen LogP contribution >= 0.6 is 0 Å². The molecule has 148 valence electrons. The summed E-state index contributed by atoms with van der Waals surface area (Å²) in [6, 6.07) is 7.14. The van der Waals surface area contributed by atoms with Gasteiger partial charge in [0.15, 0.2) is 0 Å². The first-order chi connectivity index (χ1) is 13.1. The van der Waals surface area contributed by atoms with Crippen molar-refractivity contribution in [1.82, 2.24) is 4.90 Å². The summed E-state index contributed by atoms with van der Waals surface area (Å²) in [7, 11) is 0. The highest BCUT2D eigenvalue weighted by atomic mass is 19.1. The minimum atomic E-state index is -0.0933. The van der Waals surface area contributed by atoms with Crippen LogP contribution in [0, 0.1) is 11.7 Å². The summed E-state index contributed by atoms with van der Waals surface area (Å²) in [5.41, 5.74) is 7.18. The highest BCUT2D eigenvalue weighted by Crippen LogP contribution is 2.36. The van der Waals surface area contributed by atoms with Crippen molar-refractivity contribution in [1.29, 1.82) is 0 Å². The Morgan fingerprint density at radius 2 is 1.85 bits per heavy atom. The average Bonchev–Trinajstić information content (AvgIpc) is 3.53. The summed E-state index contributed by atoms with van der Waals surface area (Å²) in [4.78, 5) is 14.6. The van der Waals surface area contributed by atoms with E-state index >= 15 is 0 Å². The number of amides is 1. The molecule has 2 saturated carbocycles. The molecule has 1 aromatic rings. The third-order valence-electron chi connectivity index (χ3n) is 6.56. The number of benzene rings is 1. The average molecular weight is 375 g/mol. The fourth-order valence-electron chi connectivity index (χ4n) is 4.72. The second-order valence-electron chi connectivity index (χ2n) is 8.51. The van der Waals surface area contributed by atoms with Gasteiger partial charge in [-0.25, -0.2) is 4.39 Å². The van der Waals surface area contributed by atoms with Gasteiger partial charge in [0.1, 0.15) is 5.82 Å². The molecule has 5 heteroatoms. The Labute approximate surface area is 161 Å². The van der Waals surface area contributed by atoms with Crippen LogP contribution in [0.25, 0.3) is 0 Å². The molecule has 0 aromatic heterocycles. The molecule has 1 amide bonds. The molecular weight excluding hydrogens is 343 g/mol. The Kier molecular flexibility index (Phi) is 5.79. The molecule has 0 unspecified atom stereocenters. The number of piperidine rings is 1. The third kappa shape index (κ3) is 4.35. The molecule has 1 heterocycles. The van der Waals surface area contributed by atoms with E-state index in [9.17, 15) is 9.18 Å². The fraction of sp³-hybridized carbons (Fsp3) is 0.682. The zero-order chi connectivity index (χ0) is 18.8. The Morgan fingerprint density at radius 1 is 1.11 bits per heavy atom. The third-order valence-corrected chi connectivity index (χ3v) is 6.56. The number of halogens is 1. The molecule has 3 aliphatic rings. The number of likely N-dealkylation sites (tertiary alicyclic amines) is 1.